The second-order valence-electron chi connectivity index (χ2n) is 9.06. The normalized spacial score (nSPS) is 14.6. The highest BCUT2D eigenvalue weighted by Gasteiger charge is 2.33. The summed E-state index contributed by atoms with van der Waals surface area (Å²) >= 11 is 7.08. The Morgan fingerprint density at radius 2 is 1.74 bits per heavy atom. The molecule has 11 heteroatoms. The summed E-state index contributed by atoms with van der Waals surface area (Å²) in [5.41, 5.74) is 7.81. The molecule has 0 aromatic heterocycles. The van der Waals surface area contributed by atoms with Crippen LogP contribution in [0.5, 0.6) is 0 Å². The Labute approximate surface area is 239 Å². The Balaban J connectivity index is 1.59. The van der Waals surface area contributed by atoms with Gasteiger partial charge in [-0.3, -0.25) is 19.3 Å². The van der Waals surface area contributed by atoms with E-state index in [-0.39, 0.29) is 25.7 Å². The molecule has 2 aromatic carbocycles. The van der Waals surface area contributed by atoms with Crippen molar-refractivity contribution in [2.45, 2.75) is 18.6 Å². The molecule has 0 bridgehead atoms. The summed E-state index contributed by atoms with van der Waals surface area (Å²) in [6.07, 6.45) is 0.928. The van der Waals surface area contributed by atoms with Crippen molar-refractivity contribution in [3.63, 3.8) is 0 Å². The van der Waals surface area contributed by atoms with Crippen molar-refractivity contribution in [1.29, 1.82) is 0 Å². The summed E-state index contributed by atoms with van der Waals surface area (Å²) in [4.78, 5) is 44.4. The molecule has 9 nitrogen and oxygen atoms in total. The van der Waals surface area contributed by atoms with Crippen LogP contribution in [0, 0.1) is 0 Å². The smallest absolute Gasteiger partial charge is 0.328 e. The van der Waals surface area contributed by atoms with E-state index in [0.29, 0.717) is 36.6 Å². The van der Waals surface area contributed by atoms with Gasteiger partial charge in [-0.15, -0.1) is 11.8 Å². The third-order valence-electron chi connectivity index (χ3n) is 6.43. The number of halogens is 1. The van der Waals surface area contributed by atoms with Crippen LogP contribution in [0.4, 0.5) is 5.69 Å². The lowest BCUT2D eigenvalue weighted by molar-refractivity contribution is -0.144. The van der Waals surface area contributed by atoms with Crippen LogP contribution in [0.1, 0.15) is 22.8 Å². The maximum atomic E-state index is 13.3. The van der Waals surface area contributed by atoms with Crippen LogP contribution in [-0.4, -0.2) is 103 Å². The molecule has 2 aromatic rings. The number of benzene rings is 2. The zero-order valence-electron chi connectivity index (χ0n) is 22.3. The number of thioether (sulfide) groups is 1. The lowest BCUT2D eigenvalue weighted by Gasteiger charge is -2.35. The highest BCUT2D eigenvalue weighted by molar-refractivity contribution is 8.01. The monoisotopic (exact) mass is 576 g/mol. The minimum atomic E-state index is -1.09. The molecule has 1 atom stereocenters. The van der Waals surface area contributed by atoms with E-state index in [1.807, 2.05) is 29.2 Å². The van der Waals surface area contributed by atoms with Gasteiger partial charge in [0.1, 0.15) is 0 Å². The molecule has 0 radical (unpaired) electrons. The average molecular weight is 577 g/mol. The number of amides is 2. The molecule has 1 aliphatic rings. The molecule has 3 rings (SSSR count). The van der Waals surface area contributed by atoms with E-state index in [9.17, 15) is 19.5 Å². The van der Waals surface area contributed by atoms with Crippen LogP contribution < -0.4 is 10.6 Å². The number of nitrogens with two attached hydrogens (primary N) is 1. The summed E-state index contributed by atoms with van der Waals surface area (Å²) in [6.45, 7) is 5.64. The fourth-order valence-electron chi connectivity index (χ4n) is 4.33. The van der Waals surface area contributed by atoms with Crippen LogP contribution in [-0.2, 0) is 20.7 Å². The van der Waals surface area contributed by atoms with Gasteiger partial charge < -0.3 is 25.4 Å². The van der Waals surface area contributed by atoms with Gasteiger partial charge in [-0.1, -0.05) is 23.7 Å². The molecule has 0 spiro atoms. The fourth-order valence-corrected chi connectivity index (χ4v) is 5.30. The maximum Gasteiger partial charge on any atom is 0.328 e. The van der Waals surface area contributed by atoms with Crippen LogP contribution in [0.2, 0.25) is 5.02 Å². The van der Waals surface area contributed by atoms with Gasteiger partial charge >= 0.3 is 5.97 Å². The van der Waals surface area contributed by atoms with Gasteiger partial charge in [-0.05, 0) is 55.3 Å². The molecule has 0 aliphatic carbocycles. The van der Waals surface area contributed by atoms with Gasteiger partial charge in [-0.25, -0.2) is 0 Å². The standard InChI is InChI=1S/C28H37ClN4O5S/c1-2-38-28(37)25(39-20-12-30)27(36)33(18-19-34)24-9-5-22(6-10-24)26(35)32-16-14-31(15-17-32)13-11-21-3-7-23(29)8-4-21/h3-10,25,34H,2,11-20,30H2,1H3/t25-/m1/s1. The maximum absolute atomic E-state index is 13.3. The number of hydrogen-bond acceptors (Lipinski definition) is 8. The zero-order valence-corrected chi connectivity index (χ0v) is 23.8. The summed E-state index contributed by atoms with van der Waals surface area (Å²) in [6, 6.07) is 14.6. The Morgan fingerprint density at radius 1 is 1.08 bits per heavy atom. The van der Waals surface area contributed by atoms with Crippen molar-refractivity contribution in [2.75, 3.05) is 69.7 Å². The topological polar surface area (TPSA) is 116 Å². The Morgan fingerprint density at radius 3 is 2.33 bits per heavy atom. The van der Waals surface area contributed by atoms with Gasteiger partial charge in [0.2, 0.25) is 0 Å². The summed E-state index contributed by atoms with van der Waals surface area (Å²) in [5, 5.41) is 9.23. The molecular formula is C28H37ClN4O5S. The van der Waals surface area contributed by atoms with Gasteiger partial charge in [0.05, 0.1) is 13.2 Å². The van der Waals surface area contributed by atoms with E-state index in [1.54, 1.807) is 31.2 Å². The van der Waals surface area contributed by atoms with Gasteiger partial charge in [-0.2, -0.15) is 0 Å². The van der Waals surface area contributed by atoms with Gasteiger partial charge in [0, 0.05) is 67.8 Å². The second kappa shape index (κ2) is 15.8. The number of ether oxygens (including phenoxy) is 1. The molecule has 39 heavy (non-hydrogen) atoms. The first kappa shape index (κ1) is 30.9. The molecular weight excluding hydrogens is 540 g/mol. The summed E-state index contributed by atoms with van der Waals surface area (Å²) < 4.78 is 5.08. The highest BCUT2D eigenvalue weighted by Crippen LogP contribution is 2.22. The van der Waals surface area contributed by atoms with Crippen molar-refractivity contribution in [1.82, 2.24) is 9.80 Å². The second-order valence-corrected chi connectivity index (χ2v) is 10.7. The predicted octanol–water partition coefficient (Wildman–Crippen LogP) is 2.29. The van der Waals surface area contributed by atoms with Crippen molar-refractivity contribution < 1.29 is 24.2 Å². The van der Waals surface area contributed by atoms with Crippen molar-refractivity contribution in [3.8, 4) is 0 Å². The molecule has 3 N–H and O–H groups in total. The number of nitrogens with zero attached hydrogens (tertiary/aromatic N) is 3. The molecule has 0 saturated carbocycles. The SMILES string of the molecule is CCOC(=O)[C@H](SCCN)C(=O)N(CCO)c1ccc(C(=O)N2CCN(CCc3ccc(Cl)cc3)CC2)cc1. The first-order valence-corrected chi connectivity index (χ1v) is 14.6. The number of carbonyl (C=O) groups is 3. The zero-order chi connectivity index (χ0) is 28.2. The Hall–Kier alpha value is -2.63. The quantitative estimate of drug-likeness (QED) is 0.276. The first-order valence-electron chi connectivity index (χ1n) is 13.1. The molecule has 2 amide bonds. The number of esters is 1. The number of piperazine rings is 1. The summed E-state index contributed by atoms with van der Waals surface area (Å²) in [7, 11) is 0. The fraction of sp³-hybridized carbons (Fsp3) is 0.464. The molecule has 1 saturated heterocycles. The minimum Gasteiger partial charge on any atom is -0.465 e. The van der Waals surface area contributed by atoms with Crippen LogP contribution in [0.15, 0.2) is 48.5 Å². The number of hydrogen-bond donors (Lipinski definition) is 2. The van der Waals surface area contributed by atoms with E-state index in [1.165, 1.54) is 10.5 Å². The van der Waals surface area contributed by atoms with E-state index < -0.39 is 17.1 Å². The predicted molar refractivity (Wildman–Crippen MR) is 155 cm³/mol. The molecule has 1 heterocycles. The summed E-state index contributed by atoms with van der Waals surface area (Å²) in [5.74, 6) is -0.788. The number of rotatable bonds is 13. The van der Waals surface area contributed by atoms with E-state index in [2.05, 4.69) is 4.90 Å². The first-order chi connectivity index (χ1) is 18.9. The van der Waals surface area contributed by atoms with E-state index >= 15 is 0 Å². The number of aliphatic hydroxyl groups excluding tert-OH is 1. The Bertz CT molecular complexity index is 1080. The average Bonchev–Trinajstić information content (AvgIpc) is 2.96. The highest BCUT2D eigenvalue weighted by atomic mass is 35.5. The number of carbonyl (C=O) groups excluding carboxylic acids is 3. The number of aliphatic hydroxyl groups is 1. The molecule has 0 unspecified atom stereocenters. The van der Waals surface area contributed by atoms with Crippen molar-refractivity contribution in [2.24, 2.45) is 5.73 Å². The van der Waals surface area contributed by atoms with Crippen LogP contribution >= 0.6 is 23.4 Å². The number of anilines is 1. The van der Waals surface area contributed by atoms with E-state index in [0.717, 1.165) is 42.8 Å². The lowest BCUT2D eigenvalue weighted by atomic mass is 10.1. The van der Waals surface area contributed by atoms with Crippen molar-refractivity contribution in [3.05, 3.63) is 64.7 Å². The van der Waals surface area contributed by atoms with Crippen LogP contribution in [0.25, 0.3) is 0 Å². The third-order valence-corrected chi connectivity index (χ3v) is 7.88. The van der Waals surface area contributed by atoms with E-state index in [4.69, 9.17) is 22.1 Å². The Kier molecular flexibility index (Phi) is 12.5. The van der Waals surface area contributed by atoms with Gasteiger partial charge in [0.25, 0.3) is 11.8 Å². The van der Waals surface area contributed by atoms with Crippen LogP contribution in [0.3, 0.4) is 0 Å². The molecule has 212 valence electrons. The third kappa shape index (κ3) is 8.94. The minimum absolute atomic E-state index is 0.00317. The molecule has 1 aliphatic heterocycles. The van der Waals surface area contributed by atoms with Gasteiger partial charge in [0.15, 0.2) is 5.25 Å². The molecule has 1 fully saturated rings. The lowest BCUT2D eigenvalue weighted by Crippen LogP contribution is -2.49. The largest absolute Gasteiger partial charge is 0.465 e. The van der Waals surface area contributed by atoms with Crippen molar-refractivity contribution >= 4 is 46.8 Å².